The van der Waals surface area contributed by atoms with Gasteiger partial charge in [-0.3, -0.25) is 10.1 Å². The summed E-state index contributed by atoms with van der Waals surface area (Å²) in [6, 6.07) is 3.28. The van der Waals surface area contributed by atoms with Gasteiger partial charge in [0.1, 0.15) is 17.7 Å². The number of aryl methyl sites for hydroxylation is 1. The van der Waals surface area contributed by atoms with Crippen LogP contribution in [-0.4, -0.2) is 16.5 Å². The zero-order valence-corrected chi connectivity index (χ0v) is 9.67. The van der Waals surface area contributed by atoms with E-state index in [1.54, 1.807) is 6.92 Å². The number of non-ortho nitro benzene ring substituents is 1. The Morgan fingerprint density at radius 3 is 2.74 bits per heavy atom. The largest absolute Gasteiger partial charge is 0.449 e. The van der Waals surface area contributed by atoms with Crippen molar-refractivity contribution in [3.8, 4) is 17.0 Å². The van der Waals surface area contributed by atoms with E-state index in [1.807, 2.05) is 0 Å². The Morgan fingerprint density at radius 2 is 2.21 bits per heavy atom. The number of hydrogen-bond acceptors (Lipinski definition) is 5. The average Bonchev–Trinajstić information content (AvgIpc) is 2.75. The van der Waals surface area contributed by atoms with Gasteiger partial charge in [0.05, 0.1) is 10.5 Å². The maximum Gasteiger partial charge on any atom is 0.387 e. The SMILES string of the molecule is Cc1nc(-c2cc([N+](=O)[O-])ccc2OC(F)F)co1. The van der Waals surface area contributed by atoms with E-state index in [0.29, 0.717) is 5.89 Å². The number of ether oxygens (including phenoxy) is 1. The second kappa shape index (κ2) is 5.01. The summed E-state index contributed by atoms with van der Waals surface area (Å²) in [4.78, 5) is 14.0. The van der Waals surface area contributed by atoms with E-state index in [4.69, 9.17) is 4.42 Å². The smallest absolute Gasteiger partial charge is 0.387 e. The van der Waals surface area contributed by atoms with Crippen molar-refractivity contribution in [1.29, 1.82) is 0 Å². The van der Waals surface area contributed by atoms with Crippen molar-refractivity contribution in [3.63, 3.8) is 0 Å². The summed E-state index contributed by atoms with van der Waals surface area (Å²) in [7, 11) is 0. The molecule has 0 unspecified atom stereocenters. The Hall–Kier alpha value is -2.51. The fourth-order valence-corrected chi connectivity index (χ4v) is 1.52. The van der Waals surface area contributed by atoms with Gasteiger partial charge in [0.15, 0.2) is 5.89 Å². The lowest BCUT2D eigenvalue weighted by Crippen LogP contribution is -2.03. The summed E-state index contributed by atoms with van der Waals surface area (Å²) < 4.78 is 33.8. The standard InChI is InChI=1S/C11H8F2N2O4/c1-6-14-9(5-18-6)8-4-7(15(16)17)2-3-10(8)19-11(12)13/h2-5,11H,1H3. The summed E-state index contributed by atoms with van der Waals surface area (Å²) in [6.07, 6.45) is 1.22. The summed E-state index contributed by atoms with van der Waals surface area (Å²) >= 11 is 0. The molecule has 0 atom stereocenters. The number of halogens is 2. The van der Waals surface area contributed by atoms with Crippen LogP contribution in [0.25, 0.3) is 11.3 Å². The van der Waals surface area contributed by atoms with Crippen LogP contribution in [0.1, 0.15) is 5.89 Å². The number of nitro groups is 1. The van der Waals surface area contributed by atoms with Crippen molar-refractivity contribution in [1.82, 2.24) is 4.98 Å². The van der Waals surface area contributed by atoms with E-state index >= 15 is 0 Å². The number of rotatable bonds is 4. The van der Waals surface area contributed by atoms with Gasteiger partial charge < -0.3 is 9.15 Å². The number of alkyl halides is 2. The first-order valence-corrected chi connectivity index (χ1v) is 5.13. The van der Waals surface area contributed by atoms with Crippen molar-refractivity contribution in [2.75, 3.05) is 0 Å². The molecule has 0 aliphatic heterocycles. The van der Waals surface area contributed by atoms with Gasteiger partial charge in [-0.1, -0.05) is 0 Å². The Bertz CT molecular complexity index is 612. The Morgan fingerprint density at radius 1 is 1.47 bits per heavy atom. The second-order valence-electron chi connectivity index (χ2n) is 3.57. The Kier molecular flexibility index (Phi) is 3.41. The van der Waals surface area contributed by atoms with Crippen molar-refractivity contribution >= 4 is 5.69 Å². The molecule has 19 heavy (non-hydrogen) atoms. The molecule has 2 rings (SSSR count). The molecule has 100 valence electrons. The van der Waals surface area contributed by atoms with Gasteiger partial charge in [0, 0.05) is 19.1 Å². The minimum atomic E-state index is -3.03. The maximum absolute atomic E-state index is 12.3. The summed E-state index contributed by atoms with van der Waals surface area (Å²) in [6.45, 7) is -1.47. The highest BCUT2D eigenvalue weighted by Gasteiger charge is 2.18. The first kappa shape index (κ1) is 12.9. The number of hydrogen-bond donors (Lipinski definition) is 0. The monoisotopic (exact) mass is 270 g/mol. The van der Waals surface area contributed by atoms with Gasteiger partial charge in [-0.2, -0.15) is 8.78 Å². The van der Waals surface area contributed by atoms with Crippen molar-refractivity contribution in [3.05, 3.63) is 40.5 Å². The van der Waals surface area contributed by atoms with Gasteiger partial charge in [-0.05, 0) is 6.07 Å². The Balaban J connectivity index is 2.52. The Labute approximate surface area is 105 Å². The third-order valence-electron chi connectivity index (χ3n) is 2.28. The van der Waals surface area contributed by atoms with Crippen LogP contribution in [0.15, 0.2) is 28.9 Å². The first-order chi connectivity index (χ1) is 8.97. The minimum Gasteiger partial charge on any atom is -0.449 e. The van der Waals surface area contributed by atoms with Crippen molar-refractivity contribution < 1.29 is 22.9 Å². The quantitative estimate of drug-likeness (QED) is 0.629. The van der Waals surface area contributed by atoms with Gasteiger partial charge in [-0.15, -0.1) is 0 Å². The molecule has 1 aromatic carbocycles. The topological polar surface area (TPSA) is 78.4 Å². The molecular formula is C11H8F2N2O4. The molecule has 0 amide bonds. The molecule has 0 bridgehead atoms. The molecule has 2 aromatic rings. The molecule has 1 heterocycles. The van der Waals surface area contributed by atoms with E-state index < -0.39 is 11.5 Å². The lowest BCUT2D eigenvalue weighted by molar-refractivity contribution is -0.384. The fourth-order valence-electron chi connectivity index (χ4n) is 1.52. The molecule has 0 aliphatic carbocycles. The van der Waals surface area contributed by atoms with Crippen LogP contribution in [0, 0.1) is 17.0 Å². The van der Waals surface area contributed by atoms with Crippen LogP contribution in [0.2, 0.25) is 0 Å². The third kappa shape index (κ3) is 2.84. The molecule has 0 saturated heterocycles. The van der Waals surface area contributed by atoms with E-state index in [1.165, 1.54) is 6.26 Å². The molecular weight excluding hydrogens is 262 g/mol. The average molecular weight is 270 g/mol. The molecule has 8 heteroatoms. The highest BCUT2D eigenvalue weighted by atomic mass is 19.3. The molecule has 0 spiro atoms. The molecule has 1 aromatic heterocycles. The fraction of sp³-hybridized carbons (Fsp3) is 0.182. The number of oxazole rings is 1. The van der Waals surface area contributed by atoms with Crippen LogP contribution in [0.3, 0.4) is 0 Å². The predicted octanol–water partition coefficient (Wildman–Crippen LogP) is 3.16. The van der Waals surface area contributed by atoms with Crippen molar-refractivity contribution in [2.45, 2.75) is 13.5 Å². The van der Waals surface area contributed by atoms with E-state index in [2.05, 4.69) is 9.72 Å². The lowest BCUT2D eigenvalue weighted by Gasteiger charge is -2.08. The predicted molar refractivity (Wildman–Crippen MR) is 60.0 cm³/mol. The minimum absolute atomic E-state index is 0.0753. The number of nitrogens with zero attached hydrogens (tertiary/aromatic N) is 2. The highest BCUT2D eigenvalue weighted by Crippen LogP contribution is 2.33. The van der Waals surface area contributed by atoms with Crippen LogP contribution in [-0.2, 0) is 0 Å². The lowest BCUT2D eigenvalue weighted by atomic mass is 10.1. The van der Waals surface area contributed by atoms with Gasteiger partial charge in [-0.25, -0.2) is 4.98 Å². The molecule has 0 N–H and O–H groups in total. The second-order valence-corrected chi connectivity index (χ2v) is 3.57. The van der Waals surface area contributed by atoms with E-state index in [9.17, 15) is 18.9 Å². The molecule has 0 saturated carbocycles. The first-order valence-electron chi connectivity index (χ1n) is 5.13. The van der Waals surface area contributed by atoms with Crippen LogP contribution in [0.4, 0.5) is 14.5 Å². The summed E-state index contributed by atoms with van der Waals surface area (Å²) in [5.41, 5.74) is 0.0143. The third-order valence-corrected chi connectivity index (χ3v) is 2.28. The van der Waals surface area contributed by atoms with E-state index in [-0.39, 0.29) is 22.7 Å². The summed E-state index contributed by atoms with van der Waals surface area (Å²) in [5, 5.41) is 10.7. The molecule has 0 radical (unpaired) electrons. The van der Waals surface area contributed by atoms with Crippen molar-refractivity contribution in [2.24, 2.45) is 0 Å². The normalized spacial score (nSPS) is 10.7. The molecule has 0 fully saturated rings. The van der Waals surface area contributed by atoms with Gasteiger partial charge >= 0.3 is 6.61 Å². The van der Waals surface area contributed by atoms with Crippen LogP contribution in [0.5, 0.6) is 5.75 Å². The zero-order chi connectivity index (χ0) is 14.0. The number of aromatic nitrogens is 1. The molecule has 6 nitrogen and oxygen atoms in total. The number of nitro benzene ring substituents is 1. The summed E-state index contributed by atoms with van der Waals surface area (Å²) in [5.74, 6) is 0.110. The highest BCUT2D eigenvalue weighted by molar-refractivity contribution is 5.69. The van der Waals surface area contributed by atoms with Crippen LogP contribution < -0.4 is 4.74 Å². The van der Waals surface area contributed by atoms with Gasteiger partial charge in [0.2, 0.25) is 0 Å². The van der Waals surface area contributed by atoms with E-state index in [0.717, 1.165) is 18.2 Å². The molecule has 0 aliphatic rings. The van der Waals surface area contributed by atoms with Gasteiger partial charge in [0.25, 0.3) is 5.69 Å². The van der Waals surface area contributed by atoms with Crippen LogP contribution >= 0.6 is 0 Å². The zero-order valence-electron chi connectivity index (χ0n) is 9.67. The maximum atomic E-state index is 12.3. The number of benzene rings is 1.